The van der Waals surface area contributed by atoms with Gasteiger partial charge in [-0.3, -0.25) is 10.6 Å². The van der Waals surface area contributed by atoms with Gasteiger partial charge in [-0.15, -0.1) is 11.8 Å². The van der Waals surface area contributed by atoms with Crippen molar-refractivity contribution in [2.24, 2.45) is 0 Å². The van der Waals surface area contributed by atoms with Gasteiger partial charge in [-0.25, -0.2) is 0 Å². The summed E-state index contributed by atoms with van der Waals surface area (Å²) in [7, 11) is 0. The van der Waals surface area contributed by atoms with Gasteiger partial charge in [-0.2, -0.15) is 13.2 Å². The minimum atomic E-state index is -4.16. The van der Waals surface area contributed by atoms with E-state index < -0.39 is 12.7 Å². The first-order valence-corrected chi connectivity index (χ1v) is 7.57. The summed E-state index contributed by atoms with van der Waals surface area (Å²) in [6, 6.07) is 9.40. The van der Waals surface area contributed by atoms with Gasteiger partial charge in [0.25, 0.3) is 0 Å². The van der Waals surface area contributed by atoms with Crippen LogP contribution in [0.5, 0.6) is 0 Å². The molecular weight excluding hydrogens is 285 g/mol. The average Bonchev–Trinajstić information content (AvgIpc) is 2.41. The lowest BCUT2D eigenvalue weighted by Gasteiger charge is -2.23. The van der Waals surface area contributed by atoms with Gasteiger partial charge in [0.05, 0.1) is 6.54 Å². The Morgan fingerprint density at radius 1 is 1.25 bits per heavy atom. The van der Waals surface area contributed by atoms with Crippen LogP contribution in [0.1, 0.15) is 13.3 Å². The largest absolute Gasteiger partial charge is 0.401 e. The molecule has 0 saturated heterocycles. The molecule has 1 radical (unpaired) electrons. The number of nitrogens with one attached hydrogen (secondary N) is 1. The van der Waals surface area contributed by atoms with Crippen LogP contribution in [0.4, 0.5) is 13.2 Å². The molecule has 0 aliphatic heterocycles. The molecule has 1 rings (SSSR count). The summed E-state index contributed by atoms with van der Waals surface area (Å²) in [4.78, 5) is 2.43. The van der Waals surface area contributed by atoms with Crippen LogP contribution >= 0.6 is 11.8 Å². The van der Waals surface area contributed by atoms with Crippen molar-refractivity contribution < 1.29 is 13.2 Å². The van der Waals surface area contributed by atoms with Gasteiger partial charge in [0, 0.05) is 23.2 Å². The number of thioether (sulfide) groups is 1. The van der Waals surface area contributed by atoms with E-state index in [2.05, 4.69) is 0 Å². The van der Waals surface area contributed by atoms with Gasteiger partial charge >= 0.3 is 6.18 Å². The van der Waals surface area contributed by atoms with E-state index in [4.69, 9.17) is 5.73 Å². The standard InChI is InChI=1S/C14H20F3N2S/c1-2-19(11-14(15,16)17)9-8-12(18)10-20-13-6-4-3-5-7-13/h3-7,12,18H,2,8-11H2,1H3/t12-/m1/s1. The molecule has 1 N–H and O–H groups in total. The Labute approximate surface area is 122 Å². The third-order valence-corrected chi connectivity index (χ3v) is 4.01. The van der Waals surface area contributed by atoms with E-state index in [1.54, 1.807) is 18.7 Å². The van der Waals surface area contributed by atoms with Crippen molar-refractivity contribution >= 4 is 11.8 Å². The summed E-state index contributed by atoms with van der Waals surface area (Å²) in [5.41, 5.74) is 7.89. The third kappa shape index (κ3) is 7.77. The van der Waals surface area contributed by atoms with E-state index in [1.165, 1.54) is 4.90 Å². The van der Waals surface area contributed by atoms with Crippen molar-refractivity contribution in [1.82, 2.24) is 10.6 Å². The highest BCUT2D eigenvalue weighted by Crippen LogP contribution is 2.19. The minimum Gasteiger partial charge on any atom is -0.295 e. The fraction of sp³-hybridized carbons (Fsp3) is 0.571. The number of hydrogen-bond acceptors (Lipinski definition) is 2. The van der Waals surface area contributed by atoms with Crippen molar-refractivity contribution in [3.8, 4) is 0 Å². The van der Waals surface area contributed by atoms with Crippen LogP contribution < -0.4 is 5.73 Å². The smallest absolute Gasteiger partial charge is 0.295 e. The maximum Gasteiger partial charge on any atom is 0.401 e. The molecule has 1 atom stereocenters. The molecule has 6 heteroatoms. The Kier molecular flexibility index (Phi) is 7.40. The number of halogens is 3. The van der Waals surface area contributed by atoms with Crippen LogP contribution in [0.25, 0.3) is 0 Å². The van der Waals surface area contributed by atoms with Crippen LogP contribution in [-0.2, 0) is 0 Å². The highest BCUT2D eigenvalue weighted by atomic mass is 32.2. The monoisotopic (exact) mass is 305 g/mol. The molecule has 0 fully saturated rings. The zero-order valence-corrected chi connectivity index (χ0v) is 12.3. The first-order valence-electron chi connectivity index (χ1n) is 6.58. The second-order valence-corrected chi connectivity index (χ2v) is 5.69. The highest BCUT2D eigenvalue weighted by molar-refractivity contribution is 7.99. The summed E-state index contributed by atoms with van der Waals surface area (Å²) in [5, 5.41) is 0. The molecule has 20 heavy (non-hydrogen) atoms. The Balaban J connectivity index is 2.26. The van der Waals surface area contributed by atoms with Crippen molar-refractivity contribution in [1.29, 1.82) is 0 Å². The molecule has 0 bridgehead atoms. The van der Waals surface area contributed by atoms with Crippen LogP contribution in [0.15, 0.2) is 35.2 Å². The maximum atomic E-state index is 12.3. The first kappa shape index (κ1) is 17.3. The lowest BCUT2D eigenvalue weighted by molar-refractivity contribution is -0.145. The van der Waals surface area contributed by atoms with E-state index in [1.807, 2.05) is 30.3 Å². The molecule has 113 valence electrons. The summed E-state index contributed by atoms with van der Waals surface area (Å²) >= 11 is 1.57. The van der Waals surface area contributed by atoms with E-state index in [-0.39, 0.29) is 6.04 Å². The first-order chi connectivity index (χ1) is 9.40. The molecule has 1 aromatic carbocycles. The molecule has 0 heterocycles. The Bertz CT molecular complexity index is 370. The molecule has 0 aromatic heterocycles. The van der Waals surface area contributed by atoms with Crippen LogP contribution in [-0.4, -0.2) is 42.5 Å². The Hall–Kier alpha value is -0.720. The van der Waals surface area contributed by atoms with Gasteiger partial charge in [0.15, 0.2) is 0 Å². The van der Waals surface area contributed by atoms with Gasteiger partial charge in [0.1, 0.15) is 0 Å². The SMILES string of the molecule is CCN(CC[C@@H]([NH])CSc1ccccc1)CC(F)(F)F. The Morgan fingerprint density at radius 2 is 1.90 bits per heavy atom. The average molecular weight is 305 g/mol. The third-order valence-electron chi connectivity index (χ3n) is 2.84. The fourth-order valence-corrected chi connectivity index (χ4v) is 2.65. The topological polar surface area (TPSA) is 27.0 Å². The lowest BCUT2D eigenvalue weighted by atomic mass is 10.2. The Morgan fingerprint density at radius 3 is 2.45 bits per heavy atom. The van der Waals surface area contributed by atoms with E-state index in [0.717, 1.165) is 4.90 Å². The molecule has 0 amide bonds. The summed E-state index contributed by atoms with van der Waals surface area (Å²) in [6.45, 7) is 1.50. The maximum absolute atomic E-state index is 12.3. The number of benzene rings is 1. The second kappa shape index (κ2) is 8.54. The summed E-state index contributed by atoms with van der Waals surface area (Å²) in [6.07, 6.45) is -3.70. The predicted octanol–water partition coefficient (Wildman–Crippen LogP) is 3.70. The summed E-state index contributed by atoms with van der Waals surface area (Å²) < 4.78 is 36.9. The fourth-order valence-electron chi connectivity index (χ4n) is 1.74. The van der Waals surface area contributed by atoms with Crippen molar-refractivity contribution in [3.63, 3.8) is 0 Å². The normalized spacial score (nSPS) is 13.7. The van der Waals surface area contributed by atoms with Gasteiger partial charge in [-0.1, -0.05) is 25.1 Å². The highest BCUT2D eigenvalue weighted by Gasteiger charge is 2.29. The molecule has 0 unspecified atom stereocenters. The number of alkyl halides is 3. The van der Waals surface area contributed by atoms with Crippen molar-refractivity contribution in [3.05, 3.63) is 30.3 Å². The number of nitrogens with zero attached hydrogens (tertiary/aromatic N) is 1. The molecule has 0 spiro atoms. The van der Waals surface area contributed by atoms with Crippen LogP contribution in [0, 0.1) is 0 Å². The molecule has 0 aliphatic carbocycles. The second-order valence-electron chi connectivity index (χ2n) is 4.59. The quantitative estimate of drug-likeness (QED) is 0.685. The molecule has 1 aromatic rings. The zero-order chi connectivity index (χ0) is 15.0. The molecular formula is C14H20F3N2S. The molecule has 0 saturated carbocycles. The van der Waals surface area contributed by atoms with Crippen molar-refractivity contribution in [2.45, 2.75) is 30.5 Å². The van der Waals surface area contributed by atoms with Gasteiger partial charge < -0.3 is 0 Å². The van der Waals surface area contributed by atoms with E-state index >= 15 is 0 Å². The minimum absolute atomic E-state index is 0.319. The molecule has 2 nitrogen and oxygen atoms in total. The van der Waals surface area contributed by atoms with Crippen molar-refractivity contribution in [2.75, 3.05) is 25.4 Å². The van der Waals surface area contributed by atoms with Gasteiger partial charge in [-0.05, 0) is 25.1 Å². The predicted molar refractivity (Wildman–Crippen MR) is 76.8 cm³/mol. The zero-order valence-electron chi connectivity index (χ0n) is 11.5. The van der Waals surface area contributed by atoms with Crippen LogP contribution in [0.2, 0.25) is 0 Å². The van der Waals surface area contributed by atoms with Crippen LogP contribution in [0.3, 0.4) is 0 Å². The van der Waals surface area contributed by atoms with Gasteiger partial charge in [0.2, 0.25) is 0 Å². The van der Waals surface area contributed by atoms with E-state index in [0.29, 0.717) is 25.3 Å². The number of rotatable bonds is 8. The summed E-state index contributed by atoms with van der Waals surface area (Å²) in [5.74, 6) is 0.605. The van der Waals surface area contributed by atoms with E-state index in [9.17, 15) is 13.2 Å². The number of hydrogen-bond donors (Lipinski definition) is 0. The molecule has 0 aliphatic rings. The lowest BCUT2D eigenvalue weighted by Crippen LogP contribution is -2.36.